The third kappa shape index (κ3) is 2.57. The molecule has 0 atom stereocenters. The van der Waals surface area contributed by atoms with Crippen LogP contribution in [0.5, 0.6) is 5.75 Å². The molecule has 168 valence electrons. The monoisotopic (exact) mass is 458 g/mol. The molecule has 0 saturated heterocycles. The standard InChI is InChI=1S/C28H18N4O3/c1-35-20-13-7-2-8-15(20)14-29-32-27(33)23-21-16-9-3-5-11-18(16)30-25(21)26-22(24(23)28(32)34)17-10-4-6-12-19(17)31-26/h2-14,30-31H,1H3/b29-14+. The molecular weight excluding hydrogens is 440 g/mol. The second kappa shape index (κ2) is 7.04. The summed E-state index contributed by atoms with van der Waals surface area (Å²) in [7, 11) is 1.57. The topological polar surface area (TPSA) is 90.5 Å². The second-order valence-electron chi connectivity index (χ2n) is 8.50. The molecule has 0 spiro atoms. The Kier molecular flexibility index (Phi) is 3.93. The molecule has 0 radical (unpaired) electrons. The number of fused-ring (bicyclic) bond motifs is 10. The van der Waals surface area contributed by atoms with Crippen LogP contribution in [0.25, 0.3) is 43.6 Å². The van der Waals surface area contributed by atoms with Crippen molar-refractivity contribution in [1.82, 2.24) is 15.0 Å². The summed E-state index contributed by atoms with van der Waals surface area (Å²) in [4.78, 5) is 34.5. The van der Waals surface area contributed by atoms with Gasteiger partial charge in [0.15, 0.2) is 0 Å². The van der Waals surface area contributed by atoms with Gasteiger partial charge in [-0.2, -0.15) is 10.1 Å². The number of para-hydroxylation sites is 3. The fraction of sp³-hybridized carbons (Fsp3) is 0.0357. The maximum atomic E-state index is 13.8. The number of nitrogens with one attached hydrogen (secondary N) is 2. The number of benzene rings is 4. The van der Waals surface area contributed by atoms with Crippen molar-refractivity contribution in [2.24, 2.45) is 5.10 Å². The summed E-state index contributed by atoms with van der Waals surface area (Å²) in [5.74, 6) is -0.290. The van der Waals surface area contributed by atoms with Crippen LogP contribution in [0.4, 0.5) is 0 Å². The lowest BCUT2D eigenvalue weighted by Crippen LogP contribution is -2.24. The predicted molar refractivity (Wildman–Crippen MR) is 136 cm³/mol. The lowest BCUT2D eigenvalue weighted by atomic mass is 9.97. The van der Waals surface area contributed by atoms with Gasteiger partial charge in [-0.05, 0) is 24.3 Å². The third-order valence-electron chi connectivity index (χ3n) is 6.68. The van der Waals surface area contributed by atoms with E-state index in [4.69, 9.17) is 4.74 Å². The molecule has 7 rings (SSSR count). The minimum Gasteiger partial charge on any atom is -0.496 e. The maximum Gasteiger partial charge on any atom is 0.283 e. The number of carbonyl (C=O) groups excluding carboxylic acids is 2. The first kappa shape index (κ1) is 19.5. The normalized spacial score (nSPS) is 13.8. The number of aromatic nitrogens is 2. The average molecular weight is 458 g/mol. The molecule has 2 amide bonds. The number of H-pyrrole nitrogens is 2. The van der Waals surface area contributed by atoms with E-state index in [9.17, 15) is 9.59 Å². The van der Waals surface area contributed by atoms with Crippen molar-refractivity contribution in [3.05, 3.63) is 89.5 Å². The first-order chi connectivity index (χ1) is 17.2. The van der Waals surface area contributed by atoms with Gasteiger partial charge in [-0.1, -0.05) is 48.5 Å². The van der Waals surface area contributed by atoms with E-state index in [-0.39, 0.29) is 0 Å². The fourth-order valence-corrected chi connectivity index (χ4v) is 5.16. The van der Waals surface area contributed by atoms with Gasteiger partial charge in [0.05, 0.1) is 35.5 Å². The zero-order chi connectivity index (χ0) is 23.7. The molecule has 1 aliphatic heterocycles. The molecule has 0 aliphatic carbocycles. The first-order valence-electron chi connectivity index (χ1n) is 11.2. The first-order valence-corrected chi connectivity index (χ1v) is 11.2. The summed E-state index contributed by atoms with van der Waals surface area (Å²) in [6.45, 7) is 0. The lowest BCUT2D eigenvalue weighted by Gasteiger charge is -2.07. The number of ether oxygens (including phenoxy) is 1. The van der Waals surface area contributed by atoms with Crippen molar-refractivity contribution in [3.8, 4) is 5.75 Å². The van der Waals surface area contributed by atoms with E-state index in [1.165, 1.54) is 6.21 Å². The van der Waals surface area contributed by atoms with Gasteiger partial charge < -0.3 is 14.7 Å². The molecule has 4 aromatic carbocycles. The van der Waals surface area contributed by atoms with Crippen molar-refractivity contribution in [2.45, 2.75) is 0 Å². The van der Waals surface area contributed by atoms with Gasteiger partial charge in [0.1, 0.15) is 5.75 Å². The number of rotatable bonds is 3. The Labute approximate surface area is 198 Å². The van der Waals surface area contributed by atoms with Crippen LogP contribution in [-0.2, 0) is 0 Å². The molecule has 6 aromatic rings. The average Bonchev–Trinajstić information content (AvgIpc) is 3.53. The number of amides is 2. The molecule has 0 saturated carbocycles. The van der Waals surface area contributed by atoms with E-state index >= 15 is 0 Å². The molecule has 0 bridgehead atoms. The Morgan fingerprint density at radius 2 is 1.26 bits per heavy atom. The number of aromatic amines is 2. The molecule has 2 aromatic heterocycles. The van der Waals surface area contributed by atoms with Crippen LogP contribution < -0.4 is 4.74 Å². The van der Waals surface area contributed by atoms with Gasteiger partial charge in [-0.3, -0.25) is 9.59 Å². The molecule has 0 unspecified atom stereocenters. The molecule has 7 heteroatoms. The molecular formula is C28H18N4O3. The zero-order valence-electron chi connectivity index (χ0n) is 18.6. The van der Waals surface area contributed by atoms with E-state index in [1.54, 1.807) is 13.2 Å². The smallest absolute Gasteiger partial charge is 0.283 e. The summed E-state index contributed by atoms with van der Waals surface area (Å²) in [5.41, 5.74) is 4.80. The summed E-state index contributed by atoms with van der Waals surface area (Å²) in [5, 5.41) is 8.51. The van der Waals surface area contributed by atoms with E-state index < -0.39 is 11.8 Å². The fourth-order valence-electron chi connectivity index (χ4n) is 5.16. The Morgan fingerprint density at radius 3 is 1.83 bits per heavy atom. The van der Waals surface area contributed by atoms with Crippen LogP contribution in [-0.4, -0.2) is 40.1 Å². The van der Waals surface area contributed by atoms with E-state index in [2.05, 4.69) is 15.1 Å². The van der Waals surface area contributed by atoms with Crippen LogP contribution in [0.2, 0.25) is 0 Å². The van der Waals surface area contributed by atoms with Crippen LogP contribution in [0.1, 0.15) is 26.3 Å². The number of imide groups is 1. The number of nitrogens with zero attached hydrogens (tertiary/aromatic N) is 2. The van der Waals surface area contributed by atoms with Crippen molar-refractivity contribution in [3.63, 3.8) is 0 Å². The molecule has 7 nitrogen and oxygen atoms in total. The highest BCUT2D eigenvalue weighted by atomic mass is 16.5. The number of carbonyl (C=O) groups is 2. The lowest BCUT2D eigenvalue weighted by molar-refractivity contribution is 0.0661. The quantitative estimate of drug-likeness (QED) is 0.267. The minimum atomic E-state index is -0.446. The summed E-state index contributed by atoms with van der Waals surface area (Å²) >= 11 is 0. The third-order valence-corrected chi connectivity index (χ3v) is 6.68. The van der Waals surface area contributed by atoms with E-state index in [1.807, 2.05) is 66.7 Å². The van der Waals surface area contributed by atoms with Crippen molar-refractivity contribution < 1.29 is 14.3 Å². The van der Waals surface area contributed by atoms with Crippen LogP contribution >= 0.6 is 0 Å². The largest absolute Gasteiger partial charge is 0.496 e. The number of hydrazone groups is 1. The van der Waals surface area contributed by atoms with Crippen molar-refractivity contribution in [2.75, 3.05) is 7.11 Å². The number of methoxy groups -OCH3 is 1. The van der Waals surface area contributed by atoms with Crippen LogP contribution in [0.15, 0.2) is 77.9 Å². The van der Waals surface area contributed by atoms with Gasteiger partial charge in [-0.15, -0.1) is 0 Å². The summed E-state index contributed by atoms with van der Waals surface area (Å²) in [6.07, 6.45) is 1.49. The highest BCUT2D eigenvalue weighted by molar-refractivity contribution is 6.39. The Bertz CT molecular complexity index is 1780. The van der Waals surface area contributed by atoms with Gasteiger partial charge >= 0.3 is 0 Å². The van der Waals surface area contributed by atoms with Crippen LogP contribution in [0, 0.1) is 0 Å². The number of hydrogen-bond donors (Lipinski definition) is 2. The Morgan fingerprint density at radius 1 is 0.743 bits per heavy atom. The Hall–Kier alpha value is -4.91. The van der Waals surface area contributed by atoms with Crippen molar-refractivity contribution in [1.29, 1.82) is 0 Å². The van der Waals surface area contributed by atoms with Crippen molar-refractivity contribution >= 4 is 61.6 Å². The highest BCUT2D eigenvalue weighted by Gasteiger charge is 2.41. The molecule has 1 aliphatic rings. The SMILES string of the molecule is COc1ccccc1/C=N/N1C(=O)c2c(c3c4ccccc4[nH]c3c3[nH]c4ccccc4c23)C1=O. The molecule has 35 heavy (non-hydrogen) atoms. The summed E-state index contributed by atoms with van der Waals surface area (Å²) < 4.78 is 5.38. The van der Waals surface area contributed by atoms with E-state index in [0.29, 0.717) is 22.4 Å². The van der Waals surface area contributed by atoms with Gasteiger partial charge in [-0.25, -0.2) is 0 Å². The second-order valence-corrected chi connectivity index (χ2v) is 8.50. The highest BCUT2D eigenvalue weighted by Crippen LogP contribution is 2.43. The molecule has 3 heterocycles. The van der Waals surface area contributed by atoms with Gasteiger partial charge in [0.2, 0.25) is 0 Å². The maximum absolute atomic E-state index is 13.8. The van der Waals surface area contributed by atoms with E-state index in [0.717, 1.165) is 48.6 Å². The summed E-state index contributed by atoms with van der Waals surface area (Å²) in [6, 6.07) is 22.9. The Balaban J connectivity index is 1.55. The van der Waals surface area contributed by atoms with Crippen LogP contribution in [0.3, 0.4) is 0 Å². The minimum absolute atomic E-state index is 0.372. The predicted octanol–water partition coefficient (Wildman–Crippen LogP) is 5.59. The number of hydrogen-bond acceptors (Lipinski definition) is 4. The van der Waals surface area contributed by atoms with Gasteiger partial charge in [0, 0.05) is 38.1 Å². The zero-order valence-corrected chi connectivity index (χ0v) is 18.6. The molecule has 2 N–H and O–H groups in total. The van der Waals surface area contributed by atoms with Gasteiger partial charge in [0.25, 0.3) is 11.8 Å². The molecule has 0 fully saturated rings.